The van der Waals surface area contributed by atoms with E-state index in [1.807, 2.05) is 35.2 Å². The van der Waals surface area contributed by atoms with Crippen molar-refractivity contribution in [3.8, 4) is 5.75 Å². The van der Waals surface area contributed by atoms with Crippen molar-refractivity contribution in [2.75, 3.05) is 57.3 Å². The minimum absolute atomic E-state index is 0.0544. The van der Waals surface area contributed by atoms with Crippen LogP contribution in [0, 0.1) is 5.92 Å². The highest BCUT2D eigenvalue weighted by atomic mass is 16.5. The normalized spacial score (nSPS) is 20.5. The molecule has 1 atom stereocenters. The molecule has 4 rings (SSSR count). The standard InChI is InChI=1S/C22H29N5O2/c28-22(19-5-4-10-27(18-19)21-17-23-8-9-24-21)26-13-11-25(12-14-26)15-16-29-20-6-2-1-3-7-20/h1-3,6-9,17,19H,4-5,10-16,18H2/t19-/m1/s1. The minimum Gasteiger partial charge on any atom is -0.492 e. The van der Waals surface area contributed by atoms with Gasteiger partial charge in [0, 0.05) is 58.2 Å². The Hall–Kier alpha value is -2.67. The maximum absolute atomic E-state index is 13.1. The predicted molar refractivity (Wildman–Crippen MR) is 112 cm³/mol. The van der Waals surface area contributed by atoms with Crippen LogP contribution in [0.5, 0.6) is 5.75 Å². The summed E-state index contributed by atoms with van der Waals surface area (Å²) in [6.45, 7) is 6.65. The quantitative estimate of drug-likeness (QED) is 0.745. The molecule has 2 aliphatic heterocycles. The number of hydrogen-bond donors (Lipinski definition) is 0. The summed E-state index contributed by atoms with van der Waals surface area (Å²) in [5, 5.41) is 0. The van der Waals surface area contributed by atoms with E-state index in [1.165, 1.54) is 0 Å². The summed E-state index contributed by atoms with van der Waals surface area (Å²) >= 11 is 0. The number of ether oxygens (including phenoxy) is 1. The molecule has 7 heteroatoms. The van der Waals surface area contributed by atoms with E-state index in [9.17, 15) is 4.79 Å². The van der Waals surface area contributed by atoms with Crippen molar-refractivity contribution in [1.29, 1.82) is 0 Å². The zero-order chi connectivity index (χ0) is 19.9. The Labute approximate surface area is 172 Å². The fourth-order valence-electron chi connectivity index (χ4n) is 4.10. The summed E-state index contributed by atoms with van der Waals surface area (Å²) in [7, 11) is 0. The lowest BCUT2D eigenvalue weighted by Gasteiger charge is -2.39. The molecule has 29 heavy (non-hydrogen) atoms. The van der Waals surface area contributed by atoms with Gasteiger partial charge in [-0.25, -0.2) is 4.98 Å². The number of hydrogen-bond acceptors (Lipinski definition) is 6. The Morgan fingerprint density at radius 3 is 2.66 bits per heavy atom. The molecule has 0 bridgehead atoms. The largest absolute Gasteiger partial charge is 0.492 e. The molecule has 2 fully saturated rings. The van der Waals surface area contributed by atoms with Crippen LogP contribution in [0.2, 0.25) is 0 Å². The van der Waals surface area contributed by atoms with Gasteiger partial charge in [0.25, 0.3) is 0 Å². The third-order valence-corrected chi connectivity index (χ3v) is 5.75. The number of nitrogens with zero attached hydrogens (tertiary/aromatic N) is 5. The SMILES string of the molecule is O=C([C@@H]1CCCN(c2cnccn2)C1)N1CCN(CCOc2ccccc2)CC1. The van der Waals surface area contributed by atoms with Gasteiger partial charge in [-0.2, -0.15) is 0 Å². The van der Waals surface area contributed by atoms with Crippen molar-refractivity contribution in [2.45, 2.75) is 12.8 Å². The average Bonchev–Trinajstić information content (AvgIpc) is 2.80. The number of anilines is 1. The minimum atomic E-state index is 0.0544. The monoisotopic (exact) mass is 395 g/mol. The van der Waals surface area contributed by atoms with Gasteiger partial charge in [0.05, 0.1) is 12.1 Å². The van der Waals surface area contributed by atoms with Crippen LogP contribution in [0.25, 0.3) is 0 Å². The highest BCUT2D eigenvalue weighted by molar-refractivity contribution is 5.79. The van der Waals surface area contributed by atoms with Gasteiger partial charge >= 0.3 is 0 Å². The molecule has 154 valence electrons. The lowest BCUT2D eigenvalue weighted by atomic mass is 9.96. The summed E-state index contributed by atoms with van der Waals surface area (Å²) < 4.78 is 5.79. The first-order valence-electron chi connectivity index (χ1n) is 10.5. The number of amides is 1. The predicted octanol–water partition coefficient (Wildman–Crippen LogP) is 1.92. The highest BCUT2D eigenvalue weighted by Gasteiger charge is 2.31. The smallest absolute Gasteiger partial charge is 0.227 e. The Kier molecular flexibility index (Phi) is 6.56. The second kappa shape index (κ2) is 9.69. The maximum Gasteiger partial charge on any atom is 0.227 e. The molecule has 7 nitrogen and oxygen atoms in total. The average molecular weight is 396 g/mol. The molecular weight excluding hydrogens is 366 g/mol. The van der Waals surface area contributed by atoms with Gasteiger partial charge in [-0.05, 0) is 25.0 Å². The lowest BCUT2D eigenvalue weighted by molar-refractivity contribution is -0.137. The number of benzene rings is 1. The van der Waals surface area contributed by atoms with E-state index >= 15 is 0 Å². The third kappa shape index (κ3) is 5.23. The van der Waals surface area contributed by atoms with Crippen molar-refractivity contribution in [2.24, 2.45) is 5.92 Å². The van der Waals surface area contributed by atoms with Gasteiger partial charge < -0.3 is 14.5 Å². The first-order chi connectivity index (χ1) is 14.3. The highest BCUT2D eigenvalue weighted by Crippen LogP contribution is 2.23. The molecule has 0 radical (unpaired) electrons. The zero-order valence-corrected chi connectivity index (χ0v) is 16.8. The molecule has 1 aromatic heterocycles. The Morgan fingerprint density at radius 2 is 1.90 bits per heavy atom. The zero-order valence-electron chi connectivity index (χ0n) is 16.8. The molecule has 3 heterocycles. The second-order valence-corrected chi connectivity index (χ2v) is 7.68. The van der Waals surface area contributed by atoms with Crippen LogP contribution < -0.4 is 9.64 Å². The van der Waals surface area contributed by atoms with E-state index in [-0.39, 0.29) is 5.92 Å². The van der Waals surface area contributed by atoms with Crippen LogP contribution in [-0.4, -0.2) is 78.1 Å². The van der Waals surface area contributed by atoms with Gasteiger partial charge in [-0.3, -0.25) is 14.7 Å². The molecule has 0 unspecified atom stereocenters. The van der Waals surface area contributed by atoms with E-state index in [0.29, 0.717) is 12.5 Å². The van der Waals surface area contributed by atoms with Crippen LogP contribution in [0.3, 0.4) is 0 Å². The van der Waals surface area contributed by atoms with Gasteiger partial charge in [0.1, 0.15) is 18.2 Å². The first kappa shape index (κ1) is 19.6. The summed E-state index contributed by atoms with van der Waals surface area (Å²) in [5.74, 6) is 2.12. The van der Waals surface area contributed by atoms with Gasteiger partial charge in [0.15, 0.2) is 0 Å². The van der Waals surface area contributed by atoms with Crippen LogP contribution in [0.15, 0.2) is 48.9 Å². The molecule has 0 saturated carbocycles. The number of aromatic nitrogens is 2. The molecule has 1 amide bonds. The fourth-order valence-corrected chi connectivity index (χ4v) is 4.10. The Bertz CT molecular complexity index is 765. The Balaban J connectivity index is 1.21. The summed E-state index contributed by atoms with van der Waals surface area (Å²) in [6, 6.07) is 9.91. The van der Waals surface area contributed by atoms with Crippen LogP contribution in [0.4, 0.5) is 5.82 Å². The molecule has 0 aliphatic carbocycles. The second-order valence-electron chi connectivity index (χ2n) is 7.68. The van der Waals surface area contributed by atoms with Gasteiger partial charge in [-0.1, -0.05) is 18.2 Å². The number of carbonyl (C=O) groups is 1. The summed E-state index contributed by atoms with van der Waals surface area (Å²) in [6.07, 6.45) is 7.15. The Morgan fingerprint density at radius 1 is 1.07 bits per heavy atom. The van der Waals surface area contributed by atoms with E-state index in [2.05, 4.69) is 19.8 Å². The lowest BCUT2D eigenvalue weighted by Crippen LogP contribution is -2.53. The molecule has 0 spiro atoms. The fraction of sp³-hybridized carbons (Fsp3) is 0.500. The van der Waals surface area contributed by atoms with Crippen molar-refractivity contribution < 1.29 is 9.53 Å². The first-order valence-corrected chi connectivity index (χ1v) is 10.5. The van der Waals surface area contributed by atoms with Gasteiger partial charge in [0.2, 0.25) is 5.91 Å². The summed E-state index contributed by atoms with van der Waals surface area (Å²) in [5.41, 5.74) is 0. The topological polar surface area (TPSA) is 61.8 Å². The molecule has 0 N–H and O–H groups in total. The van der Waals surface area contributed by atoms with Crippen molar-refractivity contribution in [3.63, 3.8) is 0 Å². The van der Waals surface area contributed by atoms with Crippen LogP contribution >= 0.6 is 0 Å². The third-order valence-electron chi connectivity index (χ3n) is 5.75. The number of piperazine rings is 1. The van der Waals surface area contributed by atoms with Crippen LogP contribution in [-0.2, 0) is 4.79 Å². The molecule has 2 aliphatic rings. The van der Waals surface area contributed by atoms with E-state index in [1.54, 1.807) is 18.6 Å². The van der Waals surface area contributed by atoms with Crippen LogP contribution in [0.1, 0.15) is 12.8 Å². The molecule has 2 aromatic rings. The molecular formula is C22H29N5O2. The maximum atomic E-state index is 13.1. The van der Waals surface area contributed by atoms with Crippen molar-refractivity contribution >= 4 is 11.7 Å². The molecule has 1 aromatic carbocycles. The molecule has 2 saturated heterocycles. The van der Waals surface area contributed by atoms with E-state index in [4.69, 9.17) is 4.74 Å². The van der Waals surface area contributed by atoms with Gasteiger partial charge in [-0.15, -0.1) is 0 Å². The summed E-state index contributed by atoms with van der Waals surface area (Å²) in [4.78, 5) is 28.2. The number of para-hydroxylation sites is 1. The number of rotatable bonds is 6. The van der Waals surface area contributed by atoms with Crippen molar-refractivity contribution in [3.05, 3.63) is 48.9 Å². The number of carbonyl (C=O) groups excluding carboxylic acids is 1. The van der Waals surface area contributed by atoms with Crippen molar-refractivity contribution in [1.82, 2.24) is 19.8 Å². The van der Waals surface area contributed by atoms with E-state index < -0.39 is 0 Å². The van der Waals surface area contributed by atoms with E-state index in [0.717, 1.165) is 70.2 Å². The number of piperidine rings is 1.